The molecule has 1 aromatic rings. The van der Waals surface area contributed by atoms with E-state index in [9.17, 15) is 4.79 Å². The Morgan fingerprint density at radius 2 is 2.38 bits per heavy atom. The van der Waals surface area contributed by atoms with Gasteiger partial charge in [0.2, 0.25) is 5.91 Å². The minimum atomic E-state index is 0.0672. The summed E-state index contributed by atoms with van der Waals surface area (Å²) in [5, 5.41) is 2.75. The van der Waals surface area contributed by atoms with Gasteiger partial charge in [-0.2, -0.15) is 0 Å². The third-order valence-corrected chi connectivity index (χ3v) is 3.03. The standard InChI is InChI=1S/C13H17NOS/c1-3-7-14-13(15)10-16-9-12-6-4-5-11(2)8-12/h3-6,8H,1,7,9-10H2,2H3,(H,14,15). The number of rotatable bonds is 6. The van der Waals surface area contributed by atoms with E-state index in [1.165, 1.54) is 11.1 Å². The largest absolute Gasteiger partial charge is 0.352 e. The van der Waals surface area contributed by atoms with Crippen LogP contribution in [0.15, 0.2) is 36.9 Å². The molecule has 0 heterocycles. The summed E-state index contributed by atoms with van der Waals surface area (Å²) in [5.74, 6) is 1.45. The van der Waals surface area contributed by atoms with E-state index >= 15 is 0 Å². The highest BCUT2D eigenvalue weighted by Gasteiger charge is 2.00. The Labute approximate surface area is 101 Å². The highest BCUT2D eigenvalue weighted by molar-refractivity contribution is 7.99. The maximum Gasteiger partial charge on any atom is 0.230 e. The molecule has 0 fully saturated rings. The summed E-state index contributed by atoms with van der Waals surface area (Å²) in [5.41, 5.74) is 2.52. The Morgan fingerprint density at radius 1 is 1.56 bits per heavy atom. The fourth-order valence-corrected chi connectivity index (χ4v) is 2.11. The van der Waals surface area contributed by atoms with E-state index in [2.05, 4.69) is 37.0 Å². The highest BCUT2D eigenvalue weighted by Crippen LogP contribution is 2.12. The number of hydrogen-bond acceptors (Lipinski definition) is 2. The van der Waals surface area contributed by atoms with Crippen molar-refractivity contribution in [1.29, 1.82) is 0 Å². The molecule has 0 saturated carbocycles. The minimum absolute atomic E-state index is 0.0672. The molecule has 0 spiro atoms. The van der Waals surface area contributed by atoms with Crippen molar-refractivity contribution in [2.45, 2.75) is 12.7 Å². The van der Waals surface area contributed by atoms with Crippen molar-refractivity contribution in [2.75, 3.05) is 12.3 Å². The maximum atomic E-state index is 11.3. The van der Waals surface area contributed by atoms with Crippen LogP contribution < -0.4 is 5.32 Å². The molecule has 3 heteroatoms. The van der Waals surface area contributed by atoms with Crippen LogP contribution in [0.4, 0.5) is 0 Å². The minimum Gasteiger partial charge on any atom is -0.352 e. The number of thioether (sulfide) groups is 1. The smallest absolute Gasteiger partial charge is 0.230 e. The van der Waals surface area contributed by atoms with Gasteiger partial charge in [-0.15, -0.1) is 18.3 Å². The molecule has 1 rings (SSSR count). The van der Waals surface area contributed by atoms with Gasteiger partial charge in [-0.25, -0.2) is 0 Å². The molecule has 16 heavy (non-hydrogen) atoms. The summed E-state index contributed by atoms with van der Waals surface area (Å²) in [6.07, 6.45) is 1.68. The first-order chi connectivity index (χ1) is 7.72. The SMILES string of the molecule is C=CCNC(=O)CSCc1cccc(C)c1. The summed E-state index contributed by atoms with van der Waals surface area (Å²) in [6, 6.07) is 8.35. The predicted octanol–water partition coefficient (Wildman–Crippen LogP) is 2.53. The molecule has 2 nitrogen and oxygen atoms in total. The van der Waals surface area contributed by atoms with E-state index < -0.39 is 0 Å². The molecule has 1 N–H and O–H groups in total. The summed E-state index contributed by atoms with van der Waals surface area (Å²) in [6.45, 7) is 6.17. The molecule has 0 saturated heterocycles. The maximum absolute atomic E-state index is 11.3. The van der Waals surface area contributed by atoms with E-state index in [4.69, 9.17) is 0 Å². The van der Waals surface area contributed by atoms with Crippen molar-refractivity contribution in [1.82, 2.24) is 5.32 Å². The van der Waals surface area contributed by atoms with Crippen LogP contribution in [0.3, 0.4) is 0 Å². The number of amides is 1. The monoisotopic (exact) mass is 235 g/mol. The highest BCUT2D eigenvalue weighted by atomic mass is 32.2. The van der Waals surface area contributed by atoms with Crippen molar-refractivity contribution in [3.8, 4) is 0 Å². The first-order valence-corrected chi connectivity index (χ1v) is 6.38. The van der Waals surface area contributed by atoms with Gasteiger partial charge in [-0.3, -0.25) is 4.79 Å². The van der Waals surface area contributed by atoms with Crippen molar-refractivity contribution < 1.29 is 4.79 Å². The van der Waals surface area contributed by atoms with E-state index in [0.29, 0.717) is 12.3 Å². The summed E-state index contributed by atoms with van der Waals surface area (Å²) < 4.78 is 0. The predicted molar refractivity (Wildman–Crippen MR) is 70.5 cm³/mol. The third kappa shape index (κ3) is 5.03. The molecular weight excluding hydrogens is 218 g/mol. The first kappa shape index (κ1) is 12.8. The van der Waals surface area contributed by atoms with Crippen LogP contribution in [0.25, 0.3) is 0 Å². The zero-order valence-corrected chi connectivity index (χ0v) is 10.3. The molecule has 0 atom stereocenters. The van der Waals surface area contributed by atoms with E-state index in [1.54, 1.807) is 17.8 Å². The lowest BCUT2D eigenvalue weighted by Gasteiger charge is -2.03. The van der Waals surface area contributed by atoms with Crippen molar-refractivity contribution in [3.63, 3.8) is 0 Å². The van der Waals surface area contributed by atoms with E-state index in [-0.39, 0.29) is 5.91 Å². The quantitative estimate of drug-likeness (QED) is 0.768. The number of carbonyl (C=O) groups is 1. The van der Waals surface area contributed by atoms with Crippen LogP contribution in [0.1, 0.15) is 11.1 Å². The van der Waals surface area contributed by atoms with Crippen LogP contribution >= 0.6 is 11.8 Å². The number of benzene rings is 1. The normalized spacial score (nSPS) is 9.81. The van der Waals surface area contributed by atoms with Crippen LogP contribution in [-0.2, 0) is 10.5 Å². The van der Waals surface area contributed by atoms with E-state index in [0.717, 1.165) is 5.75 Å². The van der Waals surface area contributed by atoms with Gasteiger partial charge in [0.15, 0.2) is 0 Å². The third-order valence-electron chi connectivity index (χ3n) is 2.03. The second-order valence-electron chi connectivity index (χ2n) is 3.57. The second kappa shape index (κ2) is 7.12. The Bertz CT molecular complexity index is 363. The topological polar surface area (TPSA) is 29.1 Å². The van der Waals surface area contributed by atoms with Gasteiger partial charge in [0.05, 0.1) is 5.75 Å². The summed E-state index contributed by atoms with van der Waals surface area (Å²) in [4.78, 5) is 11.3. The summed E-state index contributed by atoms with van der Waals surface area (Å²) >= 11 is 1.63. The number of carbonyl (C=O) groups excluding carboxylic acids is 1. The number of nitrogens with one attached hydrogen (secondary N) is 1. The zero-order valence-electron chi connectivity index (χ0n) is 9.53. The lowest BCUT2D eigenvalue weighted by atomic mass is 10.2. The van der Waals surface area contributed by atoms with Crippen molar-refractivity contribution in [3.05, 3.63) is 48.0 Å². The van der Waals surface area contributed by atoms with E-state index in [1.807, 2.05) is 6.07 Å². The van der Waals surface area contributed by atoms with Gasteiger partial charge in [-0.05, 0) is 12.5 Å². The molecule has 0 aliphatic rings. The molecule has 0 aliphatic carbocycles. The number of aryl methyl sites for hydroxylation is 1. The van der Waals surface area contributed by atoms with Crippen molar-refractivity contribution >= 4 is 17.7 Å². The summed E-state index contributed by atoms with van der Waals surface area (Å²) in [7, 11) is 0. The lowest BCUT2D eigenvalue weighted by Crippen LogP contribution is -2.24. The molecule has 1 amide bonds. The molecular formula is C13H17NOS. The molecule has 1 aromatic carbocycles. The fraction of sp³-hybridized carbons (Fsp3) is 0.308. The molecule has 0 aromatic heterocycles. The Kier molecular flexibility index (Phi) is 5.72. The van der Waals surface area contributed by atoms with Gasteiger partial charge in [0, 0.05) is 12.3 Å². The second-order valence-corrected chi connectivity index (χ2v) is 4.56. The average molecular weight is 235 g/mol. The Balaban J connectivity index is 2.25. The number of hydrogen-bond donors (Lipinski definition) is 1. The van der Waals surface area contributed by atoms with Gasteiger partial charge in [0.25, 0.3) is 0 Å². The van der Waals surface area contributed by atoms with Gasteiger partial charge in [-0.1, -0.05) is 35.9 Å². The zero-order chi connectivity index (χ0) is 11.8. The average Bonchev–Trinajstić information content (AvgIpc) is 2.26. The van der Waals surface area contributed by atoms with Gasteiger partial charge in [0.1, 0.15) is 0 Å². The van der Waals surface area contributed by atoms with Crippen molar-refractivity contribution in [2.24, 2.45) is 0 Å². The van der Waals surface area contributed by atoms with Crippen LogP contribution in [0, 0.1) is 6.92 Å². The lowest BCUT2D eigenvalue weighted by molar-refractivity contribution is -0.118. The van der Waals surface area contributed by atoms with Crippen LogP contribution in [0.2, 0.25) is 0 Å². The van der Waals surface area contributed by atoms with Crippen LogP contribution in [0.5, 0.6) is 0 Å². The molecule has 86 valence electrons. The molecule has 0 radical (unpaired) electrons. The van der Waals surface area contributed by atoms with Gasteiger partial charge >= 0.3 is 0 Å². The Hall–Kier alpha value is -1.22. The first-order valence-electron chi connectivity index (χ1n) is 5.23. The van der Waals surface area contributed by atoms with Gasteiger partial charge < -0.3 is 5.32 Å². The molecule has 0 unspecified atom stereocenters. The Morgan fingerprint density at radius 3 is 3.06 bits per heavy atom. The fourth-order valence-electron chi connectivity index (χ4n) is 1.30. The van der Waals surface area contributed by atoms with Crippen LogP contribution in [-0.4, -0.2) is 18.2 Å². The molecule has 0 bridgehead atoms. The molecule has 0 aliphatic heterocycles.